The topological polar surface area (TPSA) is 58.1 Å². The van der Waals surface area contributed by atoms with Crippen molar-refractivity contribution in [2.75, 3.05) is 13.1 Å². The van der Waals surface area contributed by atoms with Crippen LogP contribution < -0.4 is 5.32 Å². The highest BCUT2D eigenvalue weighted by molar-refractivity contribution is 6.58. The minimum Gasteiger partial charge on any atom is -0.339 e. The van der Waals surface area contributed by atoms with Crippen LogP contribution in [0.3, 0.4) is 0 Å². The summed E-state index contributed by atoms with van der Waals surface area (Å²) < 4.78 is 29.6. The van der Waals surface area contributed by atoms with E-state index in [9.17, 15) is 9.18 Å². The fraction of sp³-hybridized carbons (Fsp3) is 0.421. The quantitative estimate of drug-likeness (QED) is 0.597. The first-order valence-corrected chi connectivity index (χ1v) is 10.5. The molecule has 1 unspecified atom stereocenters. The van der Waals surface area contributed by atoms with Gasteiger partial charge in [-0.05, 0) is 40.7 Å². The van der Waals surface area contributed by atoms with Gasteiger partial charge in [0.05, 0.1) is 66.5 Å². The second-order valence-corrected chi connectivity index (χ2v) is 8.90. The van der Waals surface area contributed by atoms with Crippen molar-refractivity contribution in [2.45, 2.75) is 34.3 Å². The summed E-state index contributed by atoms with van der Waals surface area (Å²) in [5, 5.41) is -3.60. The molecule has 2 aromatic rings. The first-order valence-electron chi connectivity index (χ1n) is 10.1. The van der Waals surface area contributed by atoms with Gasteiger partial charge in [-0.1, -0.05) is 11.6 Å². The number of likely N-dealkylation sites (tertiary alicyclic amines) is 1. The van der Waals surface area contributed by atoms with Gasteiger partial charge < -0.3 is 10.2 Å². The van der Waals surface area contributed by atoms with Gasteiger partial charge in [0.2, 0.25) is 0 Å². The second kappa shape index (κ2) is 9.42. The zero-order chi connectivity index (χ0) is 25.5. The summed E-state index contributed by atoms with van der Waals surface area (Å²) in [4.78, 5) is 22.1. The number of aromatic nitrogens is 2. The minimum absolute atomic E-state index is 0.0931. The molecule has 0 spiro atoms. The van der Waals surface area contributed by atoms with Crippen molar-refractivity contribution in [1.82, 2.24) is 20.2 Å². The molecule has 1 atom stereocenters. The Balaban J connectivity index is 1.72. The van der Waals surface area contributed by atoms with Crippen LogP contribution in [-0.2, 0) is 11.7 Å². The number of nitrogens with one attached hydrogen (secondary N) is 1. The zero-order valence-electron chi connectivity index (χ0n) is 18.1. The molecule has 158 valence electrons. The highest BCUT2D eigenvalue weighted by atomic mass is 35.5. The molecule has 1 aromatic heterocycles. The Hall–Kier alpha value is -1.67. The first kappa shape index (κ1) is 26.9. The average Bonchev–Trinajstić information content (AvgIpc) is 2.75. The standard InChI is InChI=1S/C19H14B7ClF2N4O/c20-17(21)9-33(15(34)10-1-2-13(28)12(27)5-10)4-3-16(17,29)19(25,26)32-8-14-30-6-11(7-31-14)18(22,23)24/h1-2,5-7,32H,3-4,8-9H2. The predicted octanol–water partition coefficient (Wildman–Crippen LogP) is -0.327. The van der Waals surface area contributed by atoms with Gasteiger partial charge in [0.25, 0.3) is 5.91 Å². The molecule has 1 fully saturated rings. The van der Waals surface area contributed by atoms with Crippen LogP contribution in [-0.4, -0.2) is 99.8 Å². The van der Waals surface area contributed by atoms with Crippen LogP contribution in [0.2, 0.25) is 10.2 Å². The van der Waals surface area contributed by atoms with Gasteiger partial charge in [0, 0.05) is 31.0 Å². The summed E-state index contributed by atoms with van der Waals surface area (Å²) in [5.74, 6) is -1.04. The van der Waals surface area contributed by atoms with Gasteiger partial charge in [-0.3, -0.25) is 4.79 Å². The molecule has 2 heterocycles. The Bertz CT molecular complexity index is 1070. The van der Waals surface area contributed by atoms with Crippen molar-refractivity contribution >= 4 is 72.4 Å². The molecule has 0 saturated carbocycles. The van der Waals surface area contributed by atoms with E-state index in [1.54, 1.807) is 0 Å². The van der Waals surface area contributed by atoms with Gasteiger partial charge in [-0.2, -0.15) is 0 Å². The van der Waals surface area contributed by atoms with Crippen LogP contribution in [0.1, 0.15) is 28.2 Å². The Kier molecular flexibility index (Phi) is 7.46. The smallest absolute Gasteiger partial charge is 0.253 e. The molecule has 1 aliphatic heterocycles. The Morgan fingerprint density at radius 1 is 1.18 bits per heavy atom. The van der Waals surface area contributed by atoms with E-state index in [-0.39, 0.29) is 35.1 Å². The van der Waals surface area contributed by atoms with Crippen molar-refractivity contribution in [3.63, 3.8) is 0 Å². The lowest BCUT2D eigenvalue weighted by molar-refractivity contribution is 0.0182. The Morgan fingerprint density at radius 2 is 1.79 bits per heavy atom. The summed E-state index contributed by atoms with van der Waals surface area (Å²) in [6.07, 6.45) is 2.23. The molecule has 15 heteroatoms. The maximum absolute atomic E-state index is 16.1. The zero-order valence-corrected chi connectivity index (χ0v) is 18.9. The fourth-order valence-electron chi connectivity index (χ4n) is 3.65. The highest BCUT2D eigenvalue weighted by Gasteiger charge is 2.56. The fourth-order valence-corrected chi connectivity index (χ4v) is 3.83. The Labute approximate surface area is 211 Å². The van der Waals surface area contributed by atoms with Crippen molar-refractivity contribution in [3.05, 3.63) is 58.4 Å². The number of rotatable bonds is 6. The molecule has 1 N–H and O–H groups in total. The maximum Gasteiger partial charge on any atom is 0.253 e. The lowest BCUT2D eigenvalue weighted by Gasteiger charge is -2.57. The molecule has 1 saturated heterocycles. The Morgan fingerprint density at radius 3 is 2.32 bits per heavy atom. The molecule has 0 aliphatic carbocycles. The first-order chi connectivity index (χ1) is 15.6. The SMILES string of the molecule is [B]C([B])([B])c1cnc(CNC([B])([B])C2(F)CCN(C(=O)c3ccc(F)c(Cl)c3)CC2([B])[B])nc1. The number of carbonyl (C=O) groups excluding carboxylic acids is 1. The van der Waals surface area contributed by atoms with Crippen LogP contribution in [0.4, 0.5) is 8.78 Å². The number of alkyl halides is 1. The lowest BCUT2D eigenvalue weighted by Crippen LogP contribution is -2.71. The van der Waals surface area contributed by atoms with E-state index >= 15 is 4.39 Å². The number of hydrogen-bond donors (Lipinski definition) is 1. The van der Waals surface area contributed by atoms with Crippen LogP contribution in [0.15, 0.2) is 30.6 Å². The second-order valence-electron chi connectivity index (χ2n) is 8.49. The van der Waals surface area contributed by atoms with Gasteiger partial charge in [-0.15, -0.1) is 5.11 Å². The van der Waals surface area contributed by atoms with Crippen LogP contribution in [0.5, 0.6) is 0 Å². The predicted molar refractivity (Wildman–Crippen MR) is 132 cm³/mol. The summed E-state index contributed by atoms with van der Waals surface area (Å²) in [6.45, 7) is -0.695. The third-order valence-corrected chi connectivity index (χ3v) is 6.06. The van der Waals surface area contributed by atoms with E-state index in [2.05, 4.69) is 15.3 Å². The number of halogens is 3. The lowest BCUT2D eigenvalue weighted by atomic mass is 9.35. The molecule has 1 aromatic carbocycles. The van der Waals surface area contributed by atoms with E-state index < -0.39 is 46.0 Å². The number of piperidine rings is 1. The van der Waals surface area contributed by atoms with E-state index in [4.69, 9.17) is 66.5 Å². The largest absolute Gasteiger partial charge is 0.339 e. The monoisotopic (exact) mass is 464 g/mol. The summed E-state index contributed by atoms with van der Waals surface area (Å²) in [7, 11) is 41.0. The number of amides is 1. The third-order valence-electron chi connectivity index (χ3n) is 5.77. The molecule has 0 bridgehead atoms. The van der Waals surface area contributed by atoms with Crippen molar-refractivity contribution in [1.29, 1.82) is 0 Å². The van der Waals surface area contributed by atoms with E-state index in [0.29, 0.717) is 0 Å². The molecular formula is C19H14B7ClF2N4O. The van der Waals surface area contributed by atoms with E-state index in [1.807, 2.05) is 0 Å². The third kappa shape index (κ3) is 5.28. The van der Waals surface area contributed by atoms with Crippen LogP contribution in [0, 0.1) is 5.82 Å². The van der Waals surface area contributed by atoms with Gasteiger partial charge >= 0.3 is 0 Å². The number of carbonyl (C=O) groups is 1. The molecular weight excluding hydrogens is 449 g/mol. The van der Waals surface area contributed by atoms with Crippen LogP contribution in [0.25, 0.3) is 0 Å². The minimum atomic E-state index is -2.56. The van der Waals surface area contributed by atoms with Crippen molar-refractivity contribution in [2.24, 2.45) is 0 Å². The average molecular weight is 463 g/mol. The number of hydrogen-bond acceptors (Lipinski definition) is 4. The van der Waals surface area contributed by atoms with Gasteiger partial charge in [0.1, 0.15) is 17.3 Å². The molecule has 14 radical (unpaired) electrons. The normalized spacial score (nSPS) is 20.7. The molecule has 3 rings (SSSR count). The highest BCUT2D eigenvalue weighted by Crippen LogP contribution is 2.48. The number of benzene rings is 1. The van der Waals surface area contributed by atoms with Crippen molar-refractivity contribution in [3.8, 4) is 0 Å². The molecule has 34 heavy (non-hydrogen) atoms. The molecule has 5 nitrogen and oxygen atoms in total. The van der Waals surface area contributed by atoms with Crippen molar-refractivity contribution < 1.29 is 13.6 Å². The van der Waals surface area contributed by atoms with Gasteiger partial charge in [-0.25, -0.2) is 18.7 Å². The van der Waals surface area contributed by atoms with E-state index in [0.717, 1.165) is 12.1 Å². The maximum atomic E-state index is 16.1. The molecule has 1 aliphatic rings. The summed E-state index contributed by atoms with van der Waals surface area (Å²) in [5.41, 5.74) is -2.19. The van der Waals surface area contributed by atoms with E-state index in [1.165, 1.54) is 23.4 Å². The summed E-state index contributed by atoms with van der Waals surface area (Å²) >= 11 is 5.75. The molecule has 1 amide bonds. The van der Waals surface area contributed by atoms with Gasteiger partial charge in [0.15, 0.2) is 0 Å². The summed E-state index contributed by atoms with van der Waals surface area (Å²) in [6, 6.07) is 3.47. The number of nitrogens with zero attached hydrogens (tertiary/aromatic N) is 3. The van der Waals surface area contributed by atoms with Crippen LogP contribution >= 0.6 is 11.6 Å².